The molecule has 82 valence electrons. The minimum absolute atomic E-state index is 0.827. The first kappa shape index (κ1) is 10.4. The average Bonchev–Trinajstić information content (AvgIpc) is 2.42. The third-order valence-electron chi connectivity index (χ3n) is 2.78. The SMILES string of the molecule is Cc1nc(N(C)C)nc2c1CCNCC2. The van der Waals surface area contributed by atoms with E-state index in [4.69, 9.17) is 0 Å². The van der Waals surface area contributed by atoms with E-state index in [1.807, 2.05) is 19.0 Å². The van der Waals surface area contributed by atoms with Gasteiger partial charge in [0, 0.05) is 32.8 Å². The molecule has 4 nitrogen and oxygen atoms in total. The van der Waals surface area contributed by atoms with Gasteiger partial charge in [0.15, 0.2) is 0 Å². The molecule has 1 aliphatic rings. The van der Waals surface area contributed by atoms with Crippen LogP contribution in [-0.4, -0.2) is 37.2 Å². The van der Waals surface area contributed by atoms with Crippen LogP contribution >= 0.6 is 0 Å². The molecule has 0 aliphatic carbocycles. The summed E-state index contributed by atoms with van der Waals surface area (Å²) in [5.74, 6) is 0.827. The predicted molar refractivity (Wildman–Crippen MR) is 61.4 cm³/mol. The standard InChI is InChI=1S/C11H18N4/c1-8-9-4-6-12-7-5-10(9)14-11(13-8)15(2)3/h12H,4-7H2,1-3H3. The van der Waals surface area contributed by atoms with Crippen molar-refractivity contribution in [3.63, 3.8) is 0 Å². The Labute approximate surface area is 90.7 Å². The van der Waals surface area contributed by atoms with E-state index >= 15 is 0 Å². The summed E-state index contributed by atoms with van der Waals surface area (Å²) in [4.78, 5) is 11.1. The minimum atomic E-state index is 0.827. The van der Waals surface area contributed by atoms with Crippen LogP contribution in [0, 0.1) is 6.92 Å². The Kier molecular flexibility index (Phi) is 2.86. The average molecular weight is 206 g/mol. The number of hydrogen-bond donors (Lipinski definition) is 1. The van der Waals surface area contributed by atoms with Crippen molar-refractivity contribution < 1.29 is 0 Å². The van der Waals surface area contributed by atoms with Crippen LogP contribution in [0.3, 0.4) is 0 Å². The van der Waals surface area contributed by atoms with E-state index in [0.29, 0.717) is 0 Å². The van der Waals surface area contributed by atoms with E-state index < -0.39 is 0 Å². The maximum Gasteiger partial charge on any atom is 0.225 e. The summed E-state index contributed by atoms with van der Waals surface area (Å²) in [6.07, 6.45) is 2.06. The fraction of sp³-hybridized carbons (Fsp3) is 0.636. The molecule has 0 spiro atoms. The molecule has 0 atom stereocenters. The second kappa shape index (κ2) is 4.14. The molecular formula is C11H18N4. The van der Waals surface area contributed by atoms with Crippen molar-refractivity contribution in [1.29, 1.82) is 0 Å². The molecule has 1 aromatic rings. The molecule has 2 heterocycles. The van der Waals surface area contributed by atoms with E-state index in [1.165, 1.54) is 11.3 Å². The van der Waals surface area contributed by atoms with Crippen LogP contribution in [0.25, 0.3) is 0 Å². The van der Waals surface area contributed by atoms with Gasteiger partial charge in [-0.2, -0.15) is 0 Å². The number of nitrogens with one attached hydrogen (secondary N) is 1. The van der Waals surface area contributed by atoms with E-state index in [9.17, 15) is 0 Å². The zero-order valence-corrected chi connectivity index (χ0v) is 9.67. The van der Waals surface area contributed by atoms with Crippen LogP contribution in [0.15, 0.2) is 0 Å². The smallest absolute Gasteiger partial charge is 0.225 e. The number of nitrogens with zero attached hydrogens (tertiary/aromatic N) is 3. The van der Waals surface area contributed by atoms with Gasteiger partial charge >= 0.3 is 0 Å². The third-order valence-corrected chi connectivity index (χ3v) is 2.78. The number of fused-ring (bicyclic) bond motifs is 1. The Bertz CT molecular complexity index is 360. The van der Waals surface area contributed by atoms with Gasteiger partial charge in [-0.1, -0.05) is 0 Å². The lowest BCUT2D eigenvalue weighted by molar-refractivity contribution is 0.708. The molecule has 0 aromatic carbocycles. The molecule has 0 saturated carbocycles. The van der Waals surface area contributed by atoms with Gasteiger partial charge in [0.1, 0.15) is 0 Å². The molecule has 1 N–H and O–H groups in total. The van der Waals surface area contributed by atoms with E-state index in [2.05, 4.69) is 22.2 Å². The normalized spacial score (nSPS) is 15.7. The molecule has 0 unspecified atom stereocenters. The van der Waals surface area contributed by atoms with Gasteiger partial charge in [0.2, 0.25) is 5.95 Å². The van der Waals surface area contributed by atoms with Crippen LogP contribution in [0.1, 0.15) is 17.0 Å². The van der Waals surface area contributed by atoms with Crippen LogP contribution in [-0.2, 0) is 12.8 Å². The van der Waals surface area contributed by atoms with Crippen molar-refractivity contribution in [3.8, 4) is 0 Å². The fourth-order valence-electron chi connectivity index (χ4n) is 1.92. The van der Waals surface area contributed by atoms with E-state index in [-0.39, 0.29) is 0 Å². The van der Waals surface area contributed by atoms with Gasteiger partial charge < -0.3 is 10.2 Å². The highest BCUT2D eigenvalue weighted by molar-refractivity contribution is 5.36. The van der Waals surface area contributed by atoms with Crippen molar-refractivity contribution in [2.24, 2.45) is 0 Å². The van der Waals surface area contributed by atoms with Crippen molar-refractivity contribution >= 4 is 5.95 Å². The number of anilines is 1. The summed E-state index contributed by atoms with van der Waals surface area (Å²) >= 11 is 0. The lowest BCUT2D eigenvalue weighted by Crippen LogP contribution is -2.16. The Morgan fingerprint density at radius 1 is 1.13 bits per heavy atom. The monoisotopic (exact) mass is 206 g/mol. The molecule has 4 heteroatoms. The number of rotatable bonds is 1. The number of aromatic nitrogens is 2. The van der Waals surface area contributed by atoms with Gasteiger partial charge in [0.05, 0.1) is 5.69 Å². The lowest BCUT2D eigenvalue weighted by Gasteiger charge is -2.14. The summed E-state index contributed by atoms with van der Waals surface area (Å²) in [6, 6.07) is 0. The fourth-order valence-corrected chi connectivity index (χ4v) is 1.92. The van der Waals surface area contributed by atoms with E-state index in [0.717, 1.165) is 37.6 Å². The van der Waals surface area contributed by atoms with Crippen molar-refractivity contribution in [3.05, 3.63) is 17.0 Å². The molecule has 0 amide bonds. The highest BCUT2D eigenvalue weighted by atomic mass is 15.2. The zero-order chi connectivity index (χ0) is 10.8. The molecule has 0 saturated heterocycles. The van der Waals surface area contributed by atoms with Gasteiger partial charge in [-0.3, -0.25) is 0 Å². The second-order valence-electron chi connectivity index (χ2n) is 4.18. The first-order valence-electron chi connectivity index (χ1n) is 5.43. The Morgan fingerprint density at radius 3 is 2.60 bits per heavy atom. The summed E-state index contributed by atoms with van der Waals surface area (Å²) in [5.41, 5.74) is 3.69. The largest absolute Gasteiger partial charge is 0.347 e. The second-order valence-corrected chi connectivity index (χ2v) is 4.18. The zero-order valence-electron chi connectivity index (χ0n) is 9.67. The first-order chi connectivity index (χ1) is 7.18. The molecule has 0 bridgehead atoms. The van der Waals surface area contributed by atoms with Crippen molar-refractivity contribution in [2.45, 2.75) is 19.8 Å². The van der Waals surface area contributed by atoms with Gasteiger partial charge in [0.25, 0.3) is 0 Å². The van der Waals surface area contributed by atoms with Crippen LogP contribution < -0.4 is 10.2 Å². The lowest BCUT2D eigenvalue weighted by atomic mass is 10.1. The highest BCUT2D eigenvalue weighted by Crippen LogP contribution is 2.17. The summed E-state index contributed by atoms with van der Waals surface area (Å²) in [7, 11) is 3.96. The summed E-state index contributed by atoms with van der Waals surface area (Å²) in [5, 5.41) is 3.39. The van der Waals surface area contributed by atoms with Crippen LogP contribution in [0.5, 0.6) is 0 Å². The maximum absolute atomic E-state index is 4.61. The topological polar surface area (TPSA) is 41.1 Å². The van der Waals surface area contributed by atoms with Crippen molar-refractivity contribution in [2.75, 3.05) is 32.1 Å². The summed E-state index contributed by atoms with van der Waals surface area (Å²) < 4.78 is 0. The predicted octanol–water partition coefficient (Wildman–Crippen LogP) is 0.539. The highest BCUT2D eigenvalue weighted by Gasteiger charge is 2.14. The van der Waals surface area contributed by atoms with Gasteiger partial charge in [-0.15, -0.1) is 0 Å². The van der Waals surface area contributed by atoms with E-state index in [1.54, 1.807) is 0 Å². The molecule has 0 radical (unpaired) electrons. The number of aryl methyl sites for hydroxylation is 1. The van der Waals surface area contributed by atoms with Crippen LogP contribution in [0.2, 0.25) is 0 Å². The molecule has 1 aliphatic heterocycles. The van der Waals surface area contributed by atoms with Gasteiger partial charge in [-0.05, 0) is 25.5 Å². The molecule has 2 rings (SSSR count). The Balaban J connectivity index is 2.44. The third kappa shape index (κ3) is 2.09. The first-order valence-corrected chi connectivity index (χ1v) is 5.43. The molecule has 15 heavy (non-hydrogen) atoms. The molecule has 0 fully saturated rings. The molecule has 1 aromatic heterocycles. The summed E-state index contributed by atoms with van der Waals surface area (Å²) in [6.45, 7) is 4.15. The van der Waals surface area contributed by atoms with Gasteiger partial charge in [-0.25, -0.2) is 9.97 Å². The van der Waals surface area contributed by atoms with Crippen molar-refractivity contribution in [1.82, 2.24) is 15.3 Å². The molecular weight excluding hydrogens is 188 g/mol. The van der Waals surface area contributed by atoms with Crippen LogP contribution in [0.4, 0.5) is 5.95 Å². The minimum Gasteiger partial charge on any atom is -0.347 e. The quantitative estimate of drug-likeness (QED) is 0.728. The number of hydrogen-bond acceptors (Lipinski definition) is 4. The Hall–Kier alpha value is -1.16. The maximum atomic E-state index is 4.61. The Morgan fingerprint density at radius 2 is 1.87 bits per heavy atom.